The van der Waals surface area contributed by atoms with E-state index in [1.54, 1.807) is 25.1 Å². The minimum Gasteiger partial charge on any atom is -0.450 e. The number of amides is 1. The van der Waals surface area contributed by atoms with Crippen molar-refractivity contribution in [3.63, 3.8) is 0 Å². The monoisotopic (exact) mass is 471 g/mol. The molecule has 152 valence electrons. The lowest BCUT2D eigenvalue weighted by Gasteiger charge is -2.10. The van der Waals surface area contributed by atoms with Gasteiger partial charge in [0.2, 0.25) is 5.76 Å². The largest absolute Gasteiger partial charge is 0.573 e. The maximum Gasteiger partial charge on any atom is 0.573 e. The molecular weight excluding hydrogens is 459 g/mol. The lowest BCUT2D eigenvalue weighted by molar-refractivity contribution is -0.274. The molecule has 29 heavy (non-hydrogen) atoms. The smallest absolute Gasteiger partial charge is 0.450 e. The number of hydrogen-bond acceptors (Lipinski definition) is 5. The van der Waals surface area contributed by atoms with Crippen molar-refractivity contribution in [1.82, 2.24) is 0 Å². The van der Waals surface area contributed by atoms with E-state index in [0.717, 1.165) is 22.0 Å². The molecule has 0 spiro atoms. The minimum atomic E-state index is -4.80. The average Bonchev–Trinajstić information content (AvgIpc) is 2.96. The Morgan fingerprint density at radius 1 is 1.14 bits per heavy atom. The Kier molecular flexibility index (Phi) is 5.83. The van der Waals surface area contributed by atoms with Crippen molar-refractivity contribution in [1.29, 1.82) is 0 Å². The first-order valence-corrected chi connectivity index (χ1v) is 8.93. The lowest BCUT2D eigenvalue weighted by Crippen LogP contribution is -2.21. The molecule has 0 fully saturated rings. The topological polar surface area (TPSA) is 77.8 Å². The first-order valence-electron chi connectivity index (χ1n) is 8.14. The zero-order valence-electron chi connectivity index (χ0n) is 14.8. The average molecular weight is 472 g/mol. The Labute approximate surface area is 170 Å². The highest BCUT2D eigenvalue weighted by molar-refractivity contribution is 9.10. The molecule has 0 bridgehead atoms. The summed E-state index contributed by atoms with van der Waals surface area (Å²) in [5.41, 5.74) is 1.29. The van der Waals surface area contributed by atoms with Gasteiger partial charge in [-0.05, 0) is 49.4 Å². The third-order valence-corrected chi connectivity index (χ3v) is 4.28. The minimum absolute atomic E-state index is 0.0143. The van der Waals surface area contributed by atoms with E-state index in [-0.39, 0.29) is 11.4 Å². The van der Waals surface area contributed by atoms with Gasteiger partial charge in [0.15, 0.2) is 6.61 Å². The van der Waals surface area contributed by atoms with E-state index in [0.29, 0.717) is 11.1 Å². The Morgan fingerprint density at radius 3 is 2.48 bits per heavy atom. The predicted octanol–water partition coefficient (Wildman–Crippen LogP) is 5.20. The number of esters is 1. The summed E-state index contributed by atoms with van der Waals surface area (Å²) in [6.45, 7) is 1.10. The summed E-state index contributed by atoms with van der Waals surface area (Å²) in [5.74, 6) is -1.91. The number of halogens is 4. The number of aryl methyl sites for hydroxylation is 1. The van der Waals surface area contributed by atoms with Crippen molar-refractivity contribution >= 4 is 44.5 Å². The molecule has 2 aromatic carbocycles. The number of alkyl halides is 3. The van der Waals surface area contributed by atoms with E-state index in [9.17, 15) is 22.8 Å². The molecule has 3 rings (SSSR count). The van der Waals surface area contributed by atoms with Gasteiger partial charge in [-0.1, -0.05) is 15.9 Å². The van der Waals surface area contributed by atoms with Crippen LogP contribution in [0.5, 0.6) is 5.75 Å². The molecule has 3 aromatic rings. The third kappa shape index (κ3) is 5.29. The van der Waals surface area contributed by atoms with Crippen LogP contribution in [0.1, 0.15) is 16.1 Å². The van der Waals surface area contributed by atoms with Crippen molar-refractivity contribution in [3.05, 3.63) is 58.3 Å². The van der Waals surface area contributed by atoms with Crippen LogP contribution < -0.4 is 10.1 Å². The van der Waals surface area contributed by atoms with Gasteiger partial charge in [0.05, 0.1) is 0 Å². The Bertz CT molecular complexity index is 1060. The number of nitrogens with one attached hydrogen (secondary N) is 1. The molecule has 0 saturated heterocycles. The highest BCUT2D eigenvalue weighted by Gasteiger charge is 2.31. The number of furan rings is 1. The maximum atomic E-state index is 12.2. The molecule has 0 radical (unpaired) electrons. The zero-order chi connectivity index (χ0) is 21.2. The Balaban J connectivity index is 1.58. The van der Waals surface area contributed by atoms with Gasteiger partial charge in [-0.2, -0.15) is 0 Å². The van der Waals surface area contributed by atoms with E-state index in [4.69, 9.17) is 9.15 Å². The second kappa shape index (κ2) is 8.16. The van der Waals surface area contributed by atoms with Crippen molar-refractivity contribution in [3.8, 4) is 5.75 Å². The second-order valence-corrected chi connectivity index (χ2v) is 6.81. The quantitative estimate of drug-likeness (QED) is 0.517. The SMILES string of the molecule is Cc1c(C(=O)OCC(=O)Nc2ccc(OC(F)(F)F)cc2)oc2ccc(Br)cc12. The first kappa shape index (κ1) is 20.7. The summed E-state index contributed by atoms with van der Waals surface area (Å²) in [4.78, 5) is 24.2. The van der Waals surface area contributed by atoms with E-state index in [1.165, 1.54) is 12.1 Å². The molecule has 0 aliphatic carbocycles. The summed E-state index contributed by atoms with van der Waals surface area (Å²) in [6.07, 6.45) is -4.80. The van der Waals surface area contributed by atoms with Crippen LogP contribution in [0, 0.1) is 6.92 Å². The number of rotatable bonds is 5. The summed E-state index contributed by atoms with van der Waals surface area (Å²) >= 11 is 3.34. The molecule has 0 unspecified atom stereocenters. The number of carbonyl (C=O) groups excluding carboxylic acids is 2. The molecule has 0 saturated carbocycles. The molecular formula is C19H13BrF3NO5. The predicted molar refractivity (Wildman–Crippen MR) is 101 cm³/mol. The summed E-state index contributed by atoms with van der Waals surface area (Å²) < 4.78 is 51.4. The normalized spacial score (nSPS) is 11.3. The molecule has 1 heterocycles. The lowest BCUT2D eigenvalue weighted by atomic mass is 10.1. The van der Waals surface area contributed by atoms with Gasteiger partial charge in [0.25, 0.3) is 5.91 Å². The fraction of sp³-hybridized carbons (Fsp3) is 0.158. The van der Waals surface area contributed by atoms with Crippen molar-refractivity contribution in [2.75, 3.05) is 11.9 Å². The van der Waals surface area contributed by atoms with Gasteiger partial charge >= 0.3 is 12.3 Å². The van der Waals surface area contributed by atoms with Gasteiger partial charge in [0, 0.05) is 21.1 Å². The van der Waals surface area contributed by atoms with Crippen molar-refractivity contribution < 1.29 is 36.7 Å². The van der Waals surface area contributed by atoms with Crippen LogP contribution in [0.25, 0.3) is 11.0 Å². The van der Waals surface area contributed by atoms with Crippen molar-refractivity contribution in [2.24, 2.45) is 0 Å². The molecule has 0 aliphatic rings. The Morgan fingerprint density at radius 2 is 1.83 bits per heavy atom. The van der Waals surface area contributed by atoms with Gasteiger partial charge < -0.3 is 19.2 Å². The van der Waals surface area contributed by atoms with E-state index in [2.05, 4.69) is 26.0 Å². The Hall–Kier alpha value is -3.01. The number of hydrogen-bond donors (Lipinski definition) is 1. The third-order valence-electron chi connectivity index (χ3n) is 3.79. The van der Waals surface area contributed by atoms with Crippen LogP contribution in [0.3, 0.4) is 0 Å². The second-order valence-electron chi connectivity index (χ2n) is 5.89. The number of fused-ring (bicyclic) bond motifs is 1. The number of ether oxygens (including phenoxy) is 2. The standard InChI is InChI=1S/C19H13BrF3NO5/c1-10-14-8-11(20)2-7-15(14)28-17(10)18(26)27-9-16(25)24-12-3-5-13(6-4-12)29-19(21,22)23/h2-8H,9H2,1H3,(H,24,25). The van der Waals surface area contributed by atoms with Gasteiger partial charge in [0.1, 0.15) is 11.3 Å². The van der Waals surface area contributed by atoms with Crippen molar-refractivity contribution in [2.45, 2.75) is 13.3 Å². The summed E-state index contributed by atoms with van der Waals surface area (Å²) in [6, 6.07) is 9.80. The van der Waals surface area contributed by atoms with E-state index >= 15 is 0 Å². The summed E-state index contributed by atoms with van der Waals surface area (Å²) in [5, 5.41) is 3.13. The van der Waals surface area contributed by atoms with Gasteiger partial charge in [-0.15, -0.1) is 13.2 Å². The molecule has 1 aromatic heterocycles. The number of anilines is 1. The maximum absolute atomic E-state index is 12.2. The first-order chi connectivity index (χ1) is 13.6. The van der Waals surface area contributed by atoms with E-state index < -0.39 is 30.6 Å². The molecule has 1 N–H and O–H groups in total. The highest BCUT2D eigenvalue weighted by atomic mass is 79.9. The molecule has 10 heteroatoms. The van der Waals surface area contributed by atoms with Crippen LogP contribution in [-0.2, 0) is 9.53 Å². The van der Waals surface area contributed by atoms with Crippen LogP contribution in [-0.4, -0.2) is 24.8 Å². The van der Waals surface area contributed by atoms with Crippen LogP contribution in [0.15, 0.2) is 51.4 Å². The van der Waals surface area contributed by atoms with Gasteiger partial charge in [-0.25, -0.2) is 4.79 Å². The highest BCUT2D eigenvalue weighted by Crippen LogP contribution is 2.28. The van der Waals surface area contributed by atoms with Crippen LogP contribution in [0.2, 0.25) is 0 Å². The summed E-state index contributed by atoms with van der Waals surface area (Å²) in [7, 11) is 0. The number of benzene rings is 2. The van der Waals surface area contributed by atoms with E-state index in [1.807, 2.05) is 0 Å². The molecule has 0 atom stereocenters. The fourth-order valence-electron chi connectivity index (χ4n) is 2.52. The van der Waals surface area contributed by atoms with Gasteiger partial charge in [-0.3, -0.25) is 4.79 Å². The molecule has 0 aliphatic heterocycles. The van der Waals surface area contributed by atoms with Crippen LogP contribution >= 0.6 is 15.9 Å². The zero-order valence-corrected chi connectivity index (χ0v) is 16.4. The molecule has 6 nitrogen and oxygen atoms in total. The molecule has 1 amide bonds. The fourth-order valence-corrected chi connectivity index (χ4v) is 2.88. The number of carbonyl (C=O) groups is 2. The van der Waals surface area contributed by atoms with Crippen LogP contribution in [0.4, 0.5) is 18.9 Å².